The molecule has 0 aromatic rings. The maximum atomic E-state index is 11.0. The minimum absolute atomic E-state index is 0.150. The van der Waals surface area contributed by atoms with Gasteiger partial charge in [0.1, 0.15) is 0 Å². The van der Waals surface area contributed by atoms with Crippen LogP contribution in [0.1, 0.15) is 19.8 Å². The Morgan fingerprint density at radius 1 is 1.69 bits per heavy atom. The fourth-order valence-electron chi connectivity index (χ4n) is 1.34. The Morgan fingerprint density at radius 3 is 3.15 bits per heavy atom. The summed E-state index contributed by atoms with van der Waals surface area (Å²) >= 11 is 0. The van der Waals surface area contributed by atoms with Gasteiger partial charge in [0.15, 0.2) is 0 Å². The Balaban J connectivity index is 2.26. The molecule has 13 heavy (non-hydrogen) atoms. The first kappa shape index (κ1) is 10.5. The van der Waals surface area contributed by atoms with Crippen molar-refractivity contribution >= 4 is 5.97 Å². The van der Waals surface area contributed by atoms with E-state index in [2.05, 4.69) is 0 Å². The first-order chi connectivity index (χ1) is 6.18. The Labute approximate surface area is 78.5 Å². The molecule has 1 unspecified atom stereocenters. The van der Waals surface area contributed by atoms with Crippen LogP contribution in [0.5, 0.6) is 0 Å². The third kappa shape index (κ3) is 4.24. The van der Waals surface area contributed by atoms with Crippen LogP contribution in [0.15, 0.2) is 0 Å². The fourth-order valence-corrected chi connectivity index (χ4v) is 1.34. The Morgan fingerprint density at radius 2 is 2.46 bits per heavy atom. The molecule has 1 aliphatic rings. The van der Waals surface area contributed by atoms with Gasteiger partial charge in [0.25, 0.3) is 0 Å². The summed E-state index contributed by atoms with van der Waals surface area (Å²) in [4.78, 5) is 13.0. The van der Waals surface area contributed by atoms with E-state index in [4.69, 9.17) is 9.84 Å². The van der Waals surface area contributed by atoms with Crippen LogP contribution < -0.4 is 0 Å². The van der Waals surface area contributed by atoms with E-state index in [1.165, 1.54) is 0 Å². The predicted molar refractivity (Wildman–Crippen MR) is 48.3 cm³/mol. The van der Waals surface area contributed by atoms with Crippen LogP contribution in [0.4, 0.5) is 0 Å². The van der Waals surface area contributed by atoms with Gasteiger partial charge in [0.05, 0.1) is 19.3 Å². The van der Waals surface area contributed by atoms with Gasteiger partial charge in [-0.1, -0.05) is 0 Å². The van der Waals surface area contributed by atoms with E-state index in [0.717, 1.165) is 19.5 Å². The van der Waals surface area contributed by atoms with Crippen LogP contribution in [0.25, 0.3) is 0 Å². The molecule has 0 aromatic carbocycles. The number of nitrogens with zero attached hydrogens (tertiary/aromatic N) is 1. The van der Waals surface area contributed by atoms with Crippen molar-refractivity contribution in [2.24, 2.45) is 0 Å². The molecule has 76 valence electrons. The summed E-state index contributed by atoms with van der Waals surface area (Å²) in [6.45, 7) is 4.32. The number of ether oxygens (including phenoxy) is 1. The van der Waals surface area contributed by atoms with Crippen molar-refractivity contribution in [1.82, 2.24) is 4.90 Å². The van der Waals surface area contributed by atoms with Gasteiger partial charge in [0, 0.05) is 13.1 Å². The molecule has 1 saturated heterocycles. The summed E-state index contributed by atoms with van der Waals surface area (Å²) in [7, 11) is 0. The van der Waals surface area contributed by atoms with Crippen molar-refractivity contribution in [3.8, 4) is 0 Å². The smallest absolute Gasteiger partial charge is 0.320 e. The van der Waals surface area contributed by atoms with Crippen LogP contribution in [0.3, 0.4) is 0 Å². The Hall–Kier alpha value is -0.610. The van der Waals surface area contributed by atoms with E-state index in [0.29, 0.717) is 19.6 Å². The number of carbonyl (C=O) groups excluding carboxylic acids is 1. The maximum absolute atomic E-state index is 11.0. The van der Waals surface area contributed by atoms with Crippen LogP contribution in [0.2, 0.25) is 0 Å². The number of aliphatic hydroxyl groups excluding tert-OH is 1. The molecule has 1 aliphatic heterocycles. The van der Waals surface area contributed by atoms with Gasteiger partial charge in [-0.05, 0) is 19.8 Å². The summed E-state index contributed by atoms with van der Waals surface area (Å²) in [5.74, 6) is -0.150. The highest BCUT2D eigenvalue weighted by Gasteiger charge is 2.15. The van der Waals surface area contributed by atoms with Crippen molar-refractivity contribution in [2.75, 3.05) is 26.2 Å². The lowest BCUT2D eigenvalue weighted by molar-refractivity contribution is -0.143. The Bertz CT molecular complexity index is 170. The number of hydrogen-bond acceptors (Lipinski definition) is 4. The number of aliphatic hydroxyl groups is 1. The molecule has 1 atom stereocenters. The number of carbonyl (C=O) groups is 1. The van der Waals surface area contributed by atoms with Crippen LogP contribution in [0, 0.1) is 0 Å². The van der Waals surface area contributed by atoms with Crippen molar-refractivity contribution in [3.63, 3.8) is 0 Å². The average Bonchev–Trinajstić information content (AvgIpc) is 2.26. The Kier molecular flexibility index (Phi) is 4.18. The lowest BCUT2D eigenvalue weighted by atomic mass is 10.2. The highest BCUT2D eigenvalue weighted by molar-refractivity contribution is 5.71. The molecule has 0 spiro atoms. The lowest BCUT2D eigenvalue weighted by Gasteiger charge is -2.18. The molecule has 1 N–H and O–H groups in total. The van der Waals surface area contributed by atoms with Crippen LogP contribution in [-0.2, 0) is 9.53 Å². The van der Waals surface area contributed by atoms with Crippen LogP contribution in [-0.4, -0.2) is 48.3 Å². The van der Waals surface area contributed by atoms with Gasteiger partial charge in [-0.2, -0.15) is 0 Å². The second-order valence-corrected chi connectivity index (χ2v) is 3.49. The standard InChI is InChI=1S/C9H17NO3/c1-8(11)3-5-10-4-2-6-13-9(12)7-10/h8,11H,2-7H2,1H3. The molecule has 4 nitrogen and oxygen atoms in total. The summed E-state index contributed by atoms with van der Waals surface area (Å²) in [6.07, 6.45) is 1.32. The number of rotatable bonds is 3. The highest BCUT2D eigenvalue weighted by atomic mass is 16.5. The van der Waals surface area contributed by atoms with Crippen molar-refractivity contribution in [2.45, 2.75) is 25.9 Å². The van der Waals surface area contributed by atoms with Gasteiger partial charge in [-0.3, -0.25) is 9.69 Å². The number of hydrogen-bond donors (Lipinski definition) is 1. The zero-order valence-corrected chi connectivity index (χ0v) is 8.03. The van der Waals surface area contributed by atoms with E-state index < -0.39 is 0 Å². The molecule has 0 amide bonds. The second kappa shape index (κ2) is 5.19. The second-order valence-electron chi connectivity index (χ2n) is 3.49. The number of cyclic esters (lactones) is 1. The number of esters is 1. The third-order valence-corrected chi connectivity index (χ3v) is 2.10. The molecule has 1 fully saturated rings. The first-order valence-corrected chi connectivity index (χ1v) is 4.74. The summed E-state index contributed by atoms with van der Waals surface area (Å²) in [5, 5.41) is 9.08. The average molecular weight is 187 g/mol. The topological polar surface area (TPSA) is 49.8 Å². The minimum atomic E-state index is -0.292. The molecule has 0 aromatic heterocycles. The minimum Gasteiger partial charge on any atom is -0.465 e. The van der Waals surface area contributed by atoms with Gasteiger partial charge >= 0.3 is 5.97 Å². The molecular formula is C9H17NO3. The fraction of sp³-hybridized carbons (Fsp3) is 0.889. The van der Waals surface area contributed by atoms with E-state index >= 15 is 0 Å². The van der Waals surface area contributed by atoms with Gasteiger partial charge < -0.3 is 9.84 Å². The van der Waals surface area contributed by atoms with E-state index in [-0.39, 0.29) is 12.1 Å². The zero-order chi connectivity index (χ0) is 9.68. The summed E-state index contributed by atoms with van der Waals surface area (Å²) < 4.78 is 4.90. The highest BCUT2D eigenvalue weighted by Crippen LogP contribution is 2.02. The molecular weight excluding hydrogens is 170 g/mol. The third-order valence-electron chi connectivity index (χ3n) is 2.10. The maximum Gasteiger partial charge on any atom is 0.320 e. The van der Waals surface area contributed by atoms with Crippen LogP contribution >= 0.6 is 0 Å². The SMILES string of the molecule is CC(O)CCN1CCCOC(=O)C1. The van der Waals surface area contributed by atoms with E-state index in [1.807, 2.05) is 4.90 Å². The van der Waals surface area contributed by atoms with E-state index in [9.17, 15) is 4.79 Å². The quantitative estimate of drug-likeness (QED) is 0.632. The van der Waals surface area contributed by atoms with Crippen molar-refractivity contribution < 1.29 is 14.6 Å². The summed E-state index contributed by atoms with van der Waals surface area (Å²) in [5.41, 5.74) is 0. The molecule has 0 radical (unpaired) electrons. The lowest BCUT2D eigenvalue weighted by Crippen LogP contribution is -2.31. The molecule has 0 aliphatic carbocycles. The normalized spacial score (nSPS) is 22.2. The van der Waals surface area contributed by atoms with Gasteiger partial charge in [-0.15, -0.1) is 0 Å². The van der Waals surface area contributed by atoms with E-state index in [1.54, 1.807) is 6.92 Å². The largest absolute Gasteiger partial charge is 0.465 e. The van der Waals surface area contributed by atoms with Crippen molar-refractivity contribution in [3.05, 3.63) is 0 Å². The summed E-state index contributed by atoms with van der Waals surface area (Å²) in [6, 6.07) is 0. The molecule has 0 saturated carbocycles. The molecule has 4 heteroatoms. The molecule has 0 bridgehead atoms. The van der Waals surface area contributed by atoms with Gasteiger partial charge in [-0.25, -0.2) is 0 Å². The molecule has 1 rings (SSSR count). The first-order valence-electron chi connectivity index (χ1n) is 4.74. The molecule has 1 heterocycles. The predicted octanol–water partition coefficient (Wildman–Crippen LogP) is 0.00620. The van der Waals surface area contributed by atoms with Crippen molar-refractivity contribution in [1.29, 1.82) is 0 Å². The monoisotopic (exact) mass is 187 g/mol. The van der Waals surface area contributed by atoms with Gasteiger partial charge in [0.2, 0.25) is 0 Å². The zero-order valence-electron chi connectivity index (χ0n) is 8.03.